The van der Waals surface area contributed by atoms with Gasteiger partial charge in [0.2, 0.25) is 0 Å². The monoisotopic (exact) mass is 238 g/mol. The predicted octanol–water partition coefficient (Wildman–Crippen LogP) is 1.65. The zero-order chi connectivity index (χ0) is 12.8. The quantitative estimate of drug-likeness (QED) is 0.816. The van der Waals surface area contributed by atoms with E-state index < -0.39 is 0 Å². The fourth-order valence-corrected chi connectivity index (χ4v) is 1.82. The number of hydrogen-bond donors (Lipinski definition) is 1. The number of hydrogen-bond acceptors (Lipinski definition) is 5. The molecule has 0 aromatic carbocycles. The molecule has 0 amide bonds. The summed E-state index contributed by atoms with van der Waals surface area (Å²) in [6.07, 6.45) is 1.52. The Hall–Kier alpha value is -1.36. The second kappa shape index (κ2) is 6.39. The first-order chi connectivity index (χ1) is 8.11. The molecule has 2 N–H and O–H groups in total. The van der Waals surface area contributed by atoms with E-state index in [1.807, 2.05) is 0 Å². The molecule has 0 bridgehead atoms. The van der Waals surface area contributed by atoms with E-state index in [0.29, 0.717) is 18.3 Å². The third-order valence-electron chi connectivity index (χ3n) is 2.72. The largest absolute Gasteiger partial charge is 0.383 e. The van der Waals surface area contributed by atoms with Crippen molar-refractivity contribution in [3.8, 4) is 0 Å². The van der Waals surface area contributed by atoms with E-state index in [9.17, 15) is 0 Å². The van der Waals surface area contributed by atoms with Crippen molar-refractivity contribution in [2.75, 3.05) is 37.4 Å². The number of anilines is 2. The second-order valence-corrected chi connectivity index (χ2v) is 4.22. The summed E-state index contributed by atoms with van der Waals surface area (Å²) in [6, 6.07) is 0. The number of likely N-dealkylation sites (N-methyl/N-ethyl adjacent to an activating group) is 1. The number of nitrogen functional groups attached to an aromatic ring is 1. The van der Waals surface area contributed by atoms with Gasteiger partial charge in [-0.05, 0) is 12.8 Å². The lowest BCUT2D eigenvalue weighted by atomic mass is 10.0. The van der Waals surface area contributed by atoms with Crippen LogP contribution in [0.25, 0.3) is 0 Å². The van der Waals surface area contributed by atoms with Gasteiger partial charge in [-0.25, -0.2) is 9.97 Å². The molecule has 1 heterocycles. The van der Waals surface area contributed by atoms with Crippen molar-refractivity contribution in [2.45, 2.75) is 26.7 Å². The number of nitrogens with zero attached hydrogens (tertiary/aromatic N) is 3. The normalized spacial score (nSPS) is 10.9. The van der Waals surface area contributed by atoms with Crippen LogP contribution in [-0.4, -0.2) is 36.8 Å². The lowest BCUT2D eigenvalue weighted by Crippen LogP contribution is -2.29. The predicted molar refractivity (Wildman–Crippen MR) is 70.3 cm³/mol. The van der Waals surface area contributed by atoms with Crippen LogP contribution in [0.1, 0.15) is 32.3 Å². The highest BCUT2D eigenvalue weighted by Crippen LogP contribution is 2.28. The highest BCUT2D eigenvalue weighted by molar-refractivity contribution is 5.58. The lowest BCUT2D eigenvalue weighted by Gasteiger charge is -2.25. The third kappa shape index (κ3) is 3.30. The minimum Gasteiger partial charge on any atom is -0.383 e. The summed E-state index contributed by atoms with van der Waals surface area (Å²) < 4.78 is 5.11. The SMILES string of the molecule is CCN(CCOC)c1ncnc(N)c1C(C)C. The van der Waals surface area contributed by atoms with Crippen molar-refractivity contribution in [1.82, 2.24) is 9.97 Å². The Bertz CT molecular complexity index is 354. The van der Waals surface area contributed by atoms with Crippen LogP contribution >= 0.6 is 0 Å². The molecule has 0 aliphatic rings. The van der Waals surface area contributed by atoms with Crippen LogP contribution < -0.4 is 10.6 Å². The summed E-state index contributed by atoms with van der Waals surface area (Å²) in [6.45, 7) is 8.65. The zero-order valence-corrected chi connectivity index (χ0v) is 11.1. The molecule has 0 unspecified atom stereocenters. The van der Waals surface area contributed by atoms with Gasteiger partial charge in [0, 0.05) is 25.8 Å². The van der Waals surface area contributed by atoms with Crippen LogP contribution in [0, 0.1) is 0 Å². The van der Waals surface area contributed by atoms with Gasteiger partial charge in [-0.2, -0.15) is 0 Å². The Balaban J connectivity index is 3.05. The first-order valence-corrected chi connectivity index (χ1v) is 5.96. The fourth-order valence-electron chi connectivity index (χ4n) is 1.82. The first-order valence-electron chi connectivity index (χ1n) is 5.96. The van der Waals surface area contributed by atoms with Crippen LogP contribution in [0.3, 0.4) is 0 Å². The van der Waals surface area contributed by atoms with Crippen molar-refractivity contribution in [3.05, 3.63) is 11.9 Å². The summed E-state index contributed by atoms with van der Waals surface area (Å²) in [4.78, 5) is 10.6. The molecule has 1 aromatic rings. The molecule has 0 atom stereocenters. The highest BCUT2D eigenvalue weighted by atomic mass is 16.5. The fraction of sp³-hybridized carbons (Fsp3) is 0.667. The smallest absolute Gasteiger partial charge is 0.137 e. The molecule has 5 nitrogen and oxygen atoms in total. The van der Waals surface area contributed by atoms with Crippen LogP contribution in [0.5, 0.6) is 0 Å². The van der Waals surface area contributed by atoms with Crippen molar-refractivity contribution >= 4 is 11.6 Å². The summed E-state index contributed by atoms with van der Waals surface area (Å²) in [5.41, 5.74) is 6.95. The van der Waals surface area contributed by atoms with E-state index in [0.717, 1.165) is 24.5 Å². The molecule has 96 valence electrons. The van der Waals surface area contributed by atoms with Gasteiger partial charge < -0.3 is 15.4 Å². The molecular weight excluding hydrogens is 216 g/mol. The molecule has 0 fully saturated rings. The molecular formula is C12H22N4O. The molecule has 0 aliphatic carbocycles. The molecule has 0 radical (unpaired) electrons. The zero-order valence-electron chi connectivity index (χ0n) is 11.1. The van der Waals surface area contributed by atoms with E-state index in [2.05, 4.69) is 35.6 Å². The van der Waals surface area contributed by atoms with E-state index in [1.54, 1.807) is 7.11 Å². The van der Waals surface area contributed by atoms with Gasteiger partial charge >= 0.3 is 0 Å². The Morgan fingerprint density at radius 1 is 1.41 bits per heavy atom. The Labute approximate surface area is 103 Å². The maximum absolute atomic E-state index is 5.93. The third-order valence-corrected chi connectivity index (χ3v) is 2.72. The van der Waals surface area contributed by atoms with E-state index in [4.69, 9.17) is 10.5 Å². The van der Waals surface area contributed by atoms with Gasteiger partial charge in [0.25, 0.3) is 0 Å². The molecule has 0 saturated carbocycles. The van der Waals surface area contributed by atoms with Crippen molar-refractivity contribution in [1.29, 1.82) is 0 Å². The van der Waals surface area contributed by atoms with Crippen molar-refractivity contribution in [2.24, 2.45) is 0 Å². The highest BCUT2D eigenvalue weighted by Gasteiger charge is 2.17. The average Bonchev–Trinajstić information content (AvgIpc) is 2.29. The average molecular weight is 238 g/mol. The maximum atomic E-state index is 5.93. The Morgan fingerprint density at radius 3 is 2.65 bits per heavy atom. The number of nitrogens with two attached hydrogens (primary N) is 1. The molecule has 1 aromatic heterocycles. The van der Waals surface area contributed by atoms with E-state index in [1.165, 1.54) is 6.33 Å². The van der Waals surface area contributed by atoms with E-state index in [-0.39, 0.29) is 0 Å². The van der Waals surface area contributed by atoms with Gasteiger partial charge in [0.05, 0.1) is 6.61 Å². The van der Waals surface area contributed by atoms with Crippen molar-refractivity contribution < 1.29 is 4.74 Å². The lowest BCUT2D eigenvalue weighted by molar-refractivity contribution is 0.205. The van der Waals surface area contributed by atoms with Gasteiger partial charge in [0.1, 0.15) is 18.0 Å². The number of methoxy groups -OCH3 is 1. The summed E-state index contributed by atoms with van der Waals surface area (Å²) in [5.74, 6) is 1.80. The second-order valence-electron chi connectivity index (χ2n) is 4.22. The van der Waals surface area contributed by atoms with Gasteiger partial charge in [-0.1, -0.05) is 13.8 Å². The molecule has 0 spiro atoms. The number of aromatic nitrogens is 2. The Morgan fingerprint density at radius 2 is 2.12 bits per heavy atom. The molecule has 5 heteroatoms. The standard InChI is InChI=1S/C12H22N4O/c1-5-16(6-7-17-4)12-10(9(2)3)11(13)14-8-15-12/h8-9H,5-7H2,1-4H3,(H2,13,14,15). The molecule has 17 heavy (non-hydrogen) atoms. The van der Waals surface area contributed by atoms with Crippen LogP contribution in [-0.2, 0) is 4.74 Å². The van der Waals surface area contributed by atoms with Crippen LogP contribution in [0.4, 0.5) is 11.6 Å². The minimum absolute atomic E-state index is 0.308. The number of ether oxygens (including phenoxy) is 1. The van der Waals surface area contributed by atoms with Crippen molar-refractivity contribution in [3.63, 3.8) is 0 Å². The Kier molecular flexibility index (Phi) is 5.15. The first kappa shape index (κ1) is 13.7. The summed E-state index contributed by atoms with van der Waals surface area (Å²) in [5, 5.41) is 0. The molecule has 0 aliphatic heterocycles. The number of rotatable bonds is 6. The van der Waals surface area contributed by atoms with E-state index >= 15 is 0 Å². The molecule has 1 rings (SSSR count). The van der Waals surface area contributed by atoms with Gasteiger partial charge in [-0.3, -0.25) is 0 Å². The minimum atomic E-state index is 0.308. The maximum Gasteiger partial charge on any atom is 0.137 e. The van der Waals surface area contributed by atoms with Gasteiger partial charge in [-0.15, -0.1) is 0 Å². The van der Waals surface area contributed by atoms with Crippen LogP contribution in [0.2, 0.25) is 0 Å². The van der Waals surface area contributed by atoms with Crippen LogP contribution in [0.15, 0.2) is 6.33 Å². The summed E-state index contributed by atoms with van der Waals surface area (Å²) in [7, 11) is 1.70. The summed E-state index contributed by atoms with van der Waals surface area (Å²) >= 11 is 0. The molecule has 0 saturated heterocycles. The van der Waals surface area contributed by atoms with Gasteiger partial charge in [0.15, 0.2) is 0 Å². The topological polar surface area (TPSA) is 64.3 Å².